The predicted octanol–water partition coefficient (Wildman–Crippen LogP) is 3.21. The summed E-state index contributed by atoms with van der Waals surface area (Å²) >= 11 is 0. The molecule has 106 valence electrons. The van der Waals surface area contributed by atoms with Gasteiger partial charge in [0, 0.05) is 6.54 Å². The molecular formula is C16H22N4. The van der Waals surface area contributed by atoms with Gasteiger partial charge in [0.05, 0.1) is 11.4 Å². The summed E-state index contributed by atoms with van der Waals surface area (Å²) in [6, 6.07) is 10.4. The summed E-state index contributed by atoms with van der Waals surface area (Å²) in [7, 11) is 0. The topological polar surface area (TPSA) is 50.7 Å². The summed E-state index contributed by atoms with van der Waals surface area (Å²) in [4.78, 5) is 4.54. The molecule has 0 saturated carbocycles. The van der Waals surface area contributed by atoms with Gasteiger partial charge in [-0.3, -0.25) is 0 Å². The van der Waals surface area contributed by atoms with Crippen molar-refractivity contribution >= 4 is 5.95 Å². The quantitative estimate of drug-likeness (QED) is 0.875. The molecule has 0 aliphatic heterocycles. The summed E-state index contributed by atoms with van der Waals surface area (Å²) in [6.45, 7) is 7.17. The van der Waals surface area contributed by atoms with Crippen molar-refractivity contribution in [1.29, 1.82) is 0 Å². The first kappa shape index (κ1) is 14.4. The molecule has 0 bridgehead atoms. The zero-order chi connectivity index (χ0) is 14.4. The summed E-state index contributed by atoms with van der Waals surface area (Å²) in [5, 5.41) is 11.7. The van der Waals surface area contributed by atoms with Crippen molar-refractivity contribution in [3.63, 3.8) is 0 Å². The highest BCUT2D eigenvalue weighted by molar-refractivity contribution is 5.28. The maximum Gasteiger partial charge on any atom is 0.242 e. The highest BCUT2D eigenvalue weighted by Crippen LogP contribution is 2.15. The normalized spacial score (nSPS) is 12.2. The molecule has 0 fully saturated rings. The zero-order valence-corrected chi connectivity index (χ0v) is 12.4. The number of benzene rings is 1. The van der Waals surface area contributed by atoms with Crippen molar-refractivity contribution in [2.75, 3.05) is 11.9 Å². The van der Waals surface area contributed by atoms with E-state index in [0.29, 0.717) is 11.9 Å². The van der Waals surface area contributed by atoms with E-state index >= 15 is 0 Å². The van der Waals surface area contributed by atoms with Crippen LogP contribution in [0.1, 0.15) is 43.6 Å². The van der Waals surface area contributed by atoms with Gasteiger partial charge in [-0.15, -0.1) is 5.10 Å². The summed E-state index contributed by atoms with van der Waals surface area (Å²) < 4.78 is 0. The molecule has 1 aromatic carbocycles. The SMILES string of the molecule is CCc1nnc(NCC(C)c2ccccc2)nc1CC. The zero-order valence-electron chi connectivity index (χ0n) is 12.4. The molecule has 1 atom stereocenters. The first-order valence-corrected chi connectivity index (χ1v) is 7.25. The van der Waals surface area contributed by atoms with E-state index in [4.69, 9.17) is 0 Å². The average molecular weight is 270 g/mol. The number of aromatic nitrogens is 3. The maximum atomic E-state index is 4.54. The molecule has 1 heterocycles. The Morgan fingerprint density at radius 1 is 1.00 bits per heavy atom. The molecular weight excluding hydrogens is 248 g/mol. The number of rotatable bonds is 6. The Kier molecular flexibility index (Phi) is 5.04. The van der Waals surface area contributed by atoms with Crippen LogP contribution in [0.4, 0.5) is 5.95 Å². The van der Waals surface area contributed by atoms with Crippen LogP contribution in [0.2, 0.25) is 0 Å². The lowest BCUT2D eigenvalue weighted by Gasteiger charge is -2.13. The van der Waals surface area contributed by atoms with Crippen LogP contribution in [0.25, 0.3) is 0 Å². The van der Waals surface area contributed by atoms with Gasteiger partial charge >= 0.3 is 0 Å². The van der Waals surface area contributed by atoms with E-state index in [-0.39, 0.29) is 0 Å². The van der Waals surface area contributed by atoms with Gasteiger partial charge in [0.15, 0.2) is 0 Å². The van der Waals surface area contributed by atoms with E-state index in [1.165, 1.54) is 5.56 Å². The Labute approximate surface area is 120 Å². The van der Waals surface area contributed by atoms with Gasteiger partial charge in [-0.2, -0.15) is 5.10 Å². The number of aryl methyl sites for hydroxylation is 2. The maximum absolute atomic E-state index is 4.54. The fourth-order valence-electron chi connectivity index (χ4n) is 2.16. The van der Waals surface area contributed by atoms with Crippen molar-refractivity contribution in [2.24, 2.45) is 0 Å². The van der Waals surface area contributed by atoms with Crippen molar-refractivity contribution in [3.05, 3.63) is 47.3 Å². The number of nitrogens with zero attached hydrogens (tertiary/aromatic N) is 3. The van der Waals surface area contributed by atoms with E-state index in [0.717, 1.165) is 30.8 Å². The van der Waals surface area contributed by atoms with Crippen LogP contribution in [0.5, 0.6) is 0 Å². The Hall–Kier alpha value is -1.97. The minimum atomic E-state index is 0.413. The fourth-order valence-corrected chi connectivity index (χ4v) is 2.16. The summed E-state index contributed by atoms with van der Waals surface area (Å²) in [6.07, 6.45) is 1.77. The third kappa shape index (κ3) is 3.53. The lowest BCUT2D eigenvalue weighted by atomic mass is 10.0. The van der Waals surface area contributed by atoms with Crippen LogP contribution in [0.15, 0.2) is 30.3 Å². The standard InChI is InChI=1S/C16H22N4/c1-4-14-15(5-2)19-20-16(18-14)17-11-12(3)13-9-7-6-8-10-13/h6-10,12H,4-5,11H2,1-3H3,(H,17,18,20). The Morgan fingerprint density at radius 3 is 2.35 bits per heavy atom. The van der Waals surface area contributed by atoms with Gasteiger partial charge in [-0.25, -0.2) is 4.98 Å². The molecule has 1 unspecified atom stereocenters. The average Bonchev–Trinajstić information content (AvgIpc) is 2.53. The molecule has 2 aromatic rings. The van der Waals surface area contributed by atoms with E-state index in [9.17, 15) is 0 Å². The van der Waals surface area contributed by atoms with E-state index in [1.807, 2.05) is 6.07 Å². The highest BCUT2D eigenvalue weighted by Gasteiger charge is 2.08. The molecule has 1 aromatic heterocycles. The molecule has 1 N–H and O–H groups in total. The van der Waals surface area contributed by atoms with Gasteiger partial charge in [-0.05, 0) is 24.3 Å². The lowest BCUT2D eigenvalue weighted by molar-refractivity contribution is 0.773. The molecule has 4 heteroatoms. The molecule has 0 spiro atoms. The second-order valence-corrected chi connectivity index (χ2v) is 4.93. The third-order valence-corrected chi connectivity index (χ3v) is 3.44. The van der Waals surface area contributed by atoms with Crippen molar-refractivity contribution in [3.8, 4) is 0 Å². The number of hydrogen-bond donors (Lipinski definition) is 1. The largest absolute Gasteiger partial charge is 0.352 e. The monoisotopic (exact) mass is 270 g/mol. The van der Waals surface area contributed by atoms with Gasteiger partial charge in [0.1, 0.15) is 0 Å². The van der Waals surface area contributed by atoms with Gasteiger partial charge < -0.3 is 5.32 Å². The van der Waals surface area contributed by atoms with Crippen LogP contribution in [-0.4, -0.2) is 21.7 Å². The molecule has 0 radical (unpaired) electrons. The lowest BCUT2D eigenvalue weighted by Crippen LogP contribution is -2.14. The van der Waals surface area contributed by atoms with Gasteiger partial charge in [0.25, 0.3) is 0 Å². The van der Waals surface area contributed by atoms with Gasteiger partial charge in [-0.1, -0.05) is 51.1 Å². The van der Waals surface area contributed by atoms with Crippen LogP contribution in [-0.2, 0) is 12.8 Å². The molecule has 2 rings (SSSR count). The van der Waals surface area contributed by atoms with Crippen LogP contribution >= 0.6 is 0 Å². The van der Waals surface area contributed by atoms with E-state index < -0.39 is 0 Å². The number of hydrogen-bond acceptors (Lipinski definition) is 4. The van der Waals surface area contributed by atoms with Crippen LogP contribution < -0.4 is 5.32 Å². The number of nitrogens with one attached hydrogen (secondary N) is 1. The second-order valence-electron chi connectivity index (χ2n) is 4.93. The number of anilines is 1. The van der Waals surface area contributed by atoms with E-state index in [2.05, 4.69) is 65.5 Å². The highest BCUT2D eigenvalue weighted by atomic mass is 15.2. The Morgan fingerprint density at radius 2 is 1.70 bits per heavy atom. The van der Waals surface area contributed by atoms with Crippen LogP contribution in [0.3, 0.4) is 0 Å². The van der Waals surface area contributed by atoms with Crippen LogP contribution in [0, 0.1) is 0 Å². The molecule has 20 heavy (non-hydrogen) atoms. The molecule has 0 amide bonds. The molecule has 4 nitrogen and oxygen atoms in total. The van der Waals surface area contributed by atoms with Crippen molar-refractivity contribution in [1.82, 2.24) is 15.2 Å². The fraction of sp³-hybridized carbons (Fsp3) is 0.438. The Bertz CT molecular complexity index is 539. The summed E-state index contributed by atoms with van der Waals surface area (Å²) in [5.41, 5.74) is 3.35. The third-order valence-electron chi connectivity index (χ3n) is 3.44. The molecule has 0 aliphatic carbocycles. The van der Waals surface area contributed by atoms with Crippen molar-refractivity contribution in [2.45, 2.75) is 39.5 Å². The van der Waals surface area contributed by atoms with Crippen molar-refractivity contribution < 1.29 is 0 Å². The minimum absolute atomic E-state index is 0.413. The first-order valence-electron chi connectivity index (χ1n) is 7.25. The predicted molar refractivity (Wildman–Crippen MR) is 81.9 cm³/mol. The Balaban J connectivity index is 2.00. The minimum Gasteiger partial charge on any atom is -0.352 e. The second kappa shape index (κ2) is 6.98. The van der Waals surface area contributed by atoms with E-state index in [1.54, 1.807) is 0 Å². The molecule has 0 saturated heterocycles. The van der Waals surface area contributed by atoms with Gasteiger partial charge in [0.2, 0.25) is 5.95 Å². The smallest absolute Gasteiger partial charge is 0.242 e. The molecule has 0 aliphatic rings. The summed E-state index contributed by atoms with van der Waals surface area (Å²) in [5.74, 6) is 1.04. The first-order chi connectivity index (χ1) is 9.74.